The highest BCUT2D eigenvalue weighted by atomic mass is 16.5. The number of ketones is 1. The van der Waals surface area contributed by atoms with Gasteiger partial charge in [-0.05, 0) is 61.4 Å². The van der Waals surface area contributed by atoms with Gasteiger partial charge in [-0.25, -0.2) is 4.98 Å². The van der Waals surface area contributed by atoms with Gasteiger partial charge in [0.25, 0.3) is 0 Å². The fraction of sp³-hybridized carbons (Fsp3) is 0.238. The molecule has 3 rings (SSSR count). The fourth-order valence-electron chi connectivity index (χ4n) is 2.37. The van der Waals surface area contributed by atoms with Crippen molar-refractivity contribution in [2.24, 2.45) is 5.92 Å². The molecule has 0 N–H and O–H groups in total. The number of rotatable bonds is 6. The van der Waals surface area contributed by atoms with E-state index in [1.165, 1.54) is 0 Å². The highest BCUT2D eigenvalue weighted by Gasteiger charge is 2.05. The van der Waals surface area contributed by atoms with E-state index >= 15 is 0 Å². The number of pyridine rings is 1. The summed E-state index contributed by atoms with van der Waals surface area (Å²) in [6.45, 7) is 6.47. The summed E-state index contributed by atoms with van der Waals surface area (Å²) in [4.78, 5) is 15.9. The van der Waals surface area contributed by atoms with Crippen LogP contribution in [-0.4, -0.2) is 17.4 Å². The molecule has 3 aromatic rings. The molecule has 0 aliphatic carbocycles. The second kappa shape index (κ2) is 7.34. The molecule has 1 heterocycles. The molecule has 0 amide bonds. The first-order valence-electron chi connectivity index (χ1n) is 8.34. The lowest BCUT2D eigenvalue weighted by Crippen LogP contribution is -2.04. The fourth-order valence-corrected chi connectivity index (χ4v) is 2.37. The zero-order valence-electron chi connectivity index (χ0n) is 14.7. The first-order valence-corrected chi connectivity index (χ1v) is 8.34. The van der Waals surface area contributed by atoms with Crippen molar-refractivity contribution in [1.82, 2.24) is 4.98 Å². The molecule has 128 valence electrons. The number of benzene rings is 2. The summed E-state index contributed by atoms with van der Waals surface area (Å²) < 4.78 is 11.5. The molecule has 4 heteroatoms. The van der Waals surface area contributed by atoms with Crippen molar-refractivity contribution in [3.05, 3.63) is 60.2 Å². The van der Waals surface area contributed by atoms with Gasteiger partial charge in [-0.15, -0.1) is 0 Å². The third kappa shape index (κ3) is 4.35. The SMILES string of the molecule is CC(=O)c1ccc2nc(Oc3ccc(OCC(C)C)cc3)ccc2c1. The maximum absolute atomic E-state index is 11.5. The number of ether oxygens (including phenoxy) is 2. The van der Waals surface area contributed by atoms with Crippen LogP contribution < -0.4 is 9.47 Å². The van der Waals surface area contributed by atoms with E-state index in [0.717, 1.165) is 16.7 Å². The van der Waals surface area contributed by atoms with Gasteiger partial charge in [-0.1, -0.05) is 13.8 Å². The molecular formula is C21H21NO3. The van der Waals surface area contributed by atoms with Crippen molar-refractivity contribution in [3.63, 3.8) is 0 Å². The van der Waals surface area contributed by atoms with Gasteiger partial charge in [0.05, 0.1) is 12.1 Å². The van der Waals surface area contributed by atoms with Gasteiger partial charge in [-0.3, -0.25) is 4.79 Å². The Labute approximate surface area is 147 Å². The highest BCUT2D eigenvalue weighted by Crippen LogP contribution is 2.25. The summed E-state index contributed by atoms with van der Waals surface area (Å²) in [6.07, 6.45) is 0. The van der Waals surface area contributed by atoms with Crippen LogP contribution in [0.4, 0.5) is 0 Å². The van der Waals surface area contributed by atoms with Crippen molar-refractivity contribution in [3.8, 4) is 17.4 Å². The molecular weight excluding hydrogens is 314 g/mol. The van der Waals surface area contributed by atoms with Crippen molar-refractivity contribution < 1.29 is 14.3 Å². The van der Waals surface area contributed by atoms with Crippen LogP contribution in [-0.2, 0) is 0 Å². The average Bonchev–Trinajstić information content (AvgIpc) is 2.60. The Morgan fingerprint density at radius 2 is 1.72 bits per heavy atom. The molecule has 0 saturated carbocycles. The zero-order chi connectivity index (χ0) is 17.8. The Balaban J connectivity index is 1.74. The van der Waals surface area contributed by atoms with Crippen LogP contribution in [0, 0.1) is 5.92 Å². The van der Waals surface area contributed by atoms with Crippen molar-refractivity contribution in [1.29, 1.82) is 0 Å². The third-order valence-corrected chi connectivity index (χ3v) is 3.70. The molecule has 0 spiro atoms. The van der Waals surface area contributed by atoms with E-state index in [2.05, 4.69) is 18.8 Å². The largest absolute Gasteiger partial charge is 0.493 e. The van der Waals surface area contributed by atoms with Crippen molar-refractivity contribution in [2.75, 3.05) is 6.61 Å². The number of carbonyl (C=O) groups is 1. The Hall–Kier alpha value is -2.88. The minimum absolute atomic E-state index is 0.0435. The first kappa shape index (κ1) is 17.0. The third-order valence-electron chi connectivity index (χ3n) is 3.70. The second-order valence-corrected chi connectivity index (χ2v) is 6.39. The zero-order valence-corrected chi connectivity index (χ0v) is 14.7. The molecule has 0 unspecified atom stereocenters. The lowest BCUT2D eigenvalue weighted by molar-refractivity contribution is 0.101. The molecule has 1 aromatic heterocycles. The van der Waals surface area contributed by atoms with Gasteiger partial charge >= 0.3 is 0 Å². The standard InChI is InChI=1S/C21H21NO3/c1-14(2)13-24-18-6-8-19(9-7-18)25-21-11-5-17-12-16(15(3)23)4-10-20(17)22-21/h4-12,14H,13H2,1-3H3. The van der Waals surface area contributed by atoms with Gasteiger partial charge < -0.3 is 9.47 Å². The van der Waals surface area contributed by atoms with E-state index in [1.807, 2.05) is 42.5 Å². The monoisotopic (exact) mass is 335 g/mol. The van der Waals surface area contributed by atoms with Crippen LogP contribution in [0.3, 0.4) is 0 Å². The van der Waals surface area contributed by atoms with Crippen molar-refractivity contribution >= 4 is 16.7 Å². The van der Waals surface area contributed by atoms with Crippen LogP contribution in [0.15, 0.2) is 54.6 Å². The Kier molecular flexibility index (Phi) is 4.98. The lowest BCUT2D eigenvalue weighted by Gasteiger charge is -2.10. The van der Waals surface area contributed by atoms with Crippen molar-refractivity contribution in [2.45, 2.75) is 20.8 Å². The molecule has 0 aliphatic heterocycles. The normalized spacial score (nSPS) is 10.9. The molecule has 0 atom stereocenters. The van der Waals surface area contributed by atoms with Crippen LogP contribution in [0.25, 0.3) is 10.9 Å². The highest BCUT2D eigenvalue weighted by molar-refractivity contribution is 5.97. The van der Waals surface area contributed by atoms with E-state index in [0.29, 0.717) is 29.7 Å². The summed E-state index contributed by atoms with van der Waals surface area (Å²) in [5, 5.41) is 0.914. The number of hydrogen-bond donors (Lipinski definition) is 0. The minimum atomic E-state index is 0.0435. The molecule has 0 radical (unpaired) electrons. The number of carbonyl (C=O) groups excluding carboxylic acids is 1. The summed E-state index contributed by atoms with van der Waals surface area (Å²) in [5.41, 5.74) is 1.47. The van der Waals surface area contributed by atoms with Gasteiger partial charge in [0.15, 0.2) is 5.78 Å². The molecule has 25 heavy (non-hydrogen) atoms. The number of fused-ring (bicyclic) bond motifs is 1. The quantitative estimate of drug-likeness (QED) is 0.576. The van der Waals surface area contributed by atoms with Gasteiger partial charge in [0.2, 0.25) is 5.88 Å². The van der Waals surface area contributed by atoms with Crippen LogP contribution >= 0.6 is 0 Å². The molecule has 0 bridgehead atoms. The van der Waals surface area contributed by atoms with Crippen LogP contribution in [0.5, 0.6) is 17.4 Å². The topological polar surface area (TPSA) is 48.4 Å². The summed E-state index contributed by atoms with van der Waals surface area (Å²) in [7, 11) is 0. The van der Waals surface area contributed by atoms with E-state index in [9.17, 15) is 4.79 Å². The van der Waals surface area contributed by atoms with Crippen LogP contribution in [0.1, 0.15) is 31.1 Å². The Morgan fingerprint density at radius 3 is 2.40 bits per heavy atom. The molecule has 4 nitrogen and oxygen atoms in total. The lowest BCUT2D eigenvalue weighted by atomic mass is 10.1. The summed E-state index contributed by atoms with van der Waals surface area (Å²) in [5.74, 6) is 2.57. The Morgan fingerprint density at radius 1 is 1.00 bits per heavy atom. The van der Waals surface area contributed by atoms with Gasteiger partial charge in [-0.2, -0.15) is 0 Å². The number of Topliss-reactive ketones (excluding diaryl/α,β-unsaturated/α-hetero) is 1. The second-order valence-electron chi connectivity index (χ2n) is 6.39. The smallest absolute Gasteiger partial charge is 0.219 e. The molecule has 0 aliphatic rings. The maximum Gasteiger partial charge on any atom is 0.219 e. The number of aromatic nitrogens is 1. The maximum atomic E-state index is 11.5. The molecule has 2 aromatic carbocycles. The average molecular weight is 335 g/mol. The number of hydrogen-bond acceptors (Lipinski definition) is 4. The van der Waals surface area contributed by atoms with E-state index < -0.39 is 0 Å². The molecule has 0 fully saturated rings. The number of nitrogens with zero attached hydrogens (tertiary/aromatic N) is 1. The van der Waals surface area contributed by atoms with E-state index in [1.54, 1.807) is 19.1 Å². The summed E-state index contributed by atoms with van der Waals surface area (Å²) in [6, 6.07) is 16.7. The predicted octanol–water partition coefficient (Wildman–Crippen LogP) is 5.26. The first-order chi connectivity index (χ1) is 12.0. The predicted molar refractivity (Wildman–Crippen MR) is 98.6 cm³/mol. The Bertz CT molecular complexity index is 885. The summed E-state index contributed by atoms with van der Waals surface area (Å²) >= 11 is 0. The van der Waals surface area contributed by atoms with Gasteiger partial charge in [0, 0.05) is 17.0 Å². The molecule has 0 saturated heterocycles. The van der Waals surface area contributed by atoms with E-state index in [4.69, 9.17) is 9.47 Å². The van der Waals surface area contributed by atoms with Gasteiger partial charge in [0.1, 0.15) is 11.5 Å². The minimum Gasteiger partial charge on any atom is -0.493 e. The van der Waals surface area contributed by atoms with Crippen LogP contribution in [0.2, 0.25) is 0 Å². The van der Waals surface area contributed by atoms with E-state index in [-0.39, 0.29) is 5.78 Å².